The lowest BCUT2D eigenvalue weighted by atomic mass is 10.4. The highest BCUT2D eigenvalue weighted by Crippen LogP contribution is 2.25. The van der Waals surface area contributed by atoms with E-state index in [4.69, 9.17) is 4.42 Å². The van der Waals surface area contributed by atoms with Crippen LogP contribution < -0.4 is 5.32 Å². The van der Waals surface area contributed by atoms with E-state index in [1.54, 1.807) is 31.4 Å². The molecule has 0 aromatic carbocycles. The van der Waals surface area contributed by atoms with Crippen LogP contribution in [0.5, 0.6) is 0 Å². The third-order valence-corrected chi connectivity index (χ3v) is 6.05. The van der Waals surface area contributed by atoms with E-state index in [1.807, 2.05) is 24.4 Å². The Balaban J connectivity index is 2.30. The van der Waals surface area contributed by atoms with Crippen LogP contribution in [0.2, 0.25) is 0 Å². The summed E-state index contributed by atoms with van der Waals surface area (Å²) in [6, 6.07) is 5.48. The molecule has 0 aliphatic carbocycles. The molecule has 0 amide bonds. The minimum atomic E-state index is -3.54. The number of nitrogens with zero attached hydrogens (tertiary/aromatic N) is 1. The van der Waals surface area contributed by atoms with Gasteiger partial charge in [0.05, 0.1) is 6.54 Å². The van der Waals surface area contributed by atoms with E-state index in [9.17, 15) is 8.42 Å². The normalized spacial score (nSPS) is 12.2. The van der Waals surface area contributed by atoms with Gasteiger partial charge in [-0.3, -0.25) is 0 Å². The third-order valence-electron chi connectivity index (χ3n) is 3.16. The molecule has 0 fully saturated rings. The Bertz CT molecular complexity index is 675. The van der Waals surface area contributed by atoms with Crippen molar-refractivity contribution in [3.63, 3.8) is 0 Å². The molecule has 5 nitrogen and oxygen atoms in total. The number of thiophene rings is 1. The summed E-state index contributed by atoms with van der Waals surface area (Å²) in [6.45, 7) is 4.85. The molecule has 0 spiro atoms. The number of furan rings is 1. The highest BCUT2D eigenvalue weighted by atomic mass is 32.2. The molecule has 7 heteroatoms. The van der Waals surface area contributed by atoms with E-state index >= 15 is 0 Å². The molecular formula is C14H20N2O3S2. The molecule has 0 aliphatic rings. The molecule has 0 bridgehead atoms. The van der Waals surface area contributed by atoms with Gasteiger partial charge in [0.2, 0.25) is 10.0 Å². The number of sulfonamides is 1. The Morgan fingerprint density at radius 1 is 1.43 bits per heavy atom. The first kappa shape index (κ1) is 16.2. The quantitative estimate of drug-likeness (QED) is 0.848. The van der Waals surface area contributed by atoms with Gasteiger partial charge in [0, 0.05) is 24.0 Å². The lowest BCUT2D eigenvalue weighted by molar-refractivity contribution is 0.422. The maximum atomic E-state index is 12.8. The van der Waals surface area contributed by atoms with Crippen LogP contribution in [0.3, 0.4) is 0 Å². The number of hydrogen-bond donors (Lipinski definition) is 1. The summed E-state index contributed by atoms with van der Waals surface area (Å²) in [5.41, 5.74) is 0. The van der Waals surface area contributed by atoms with Crippen LogP contribution in [-0.2, 0) is 23.1 Å². The van der Waals surface area contributed by atoms with E-state index in [-0.39, 0.29) is 4.90 Å². The number of nitrogens with one attached hydrogen (secondary N) is 1. The first-order chi connectivity index (χ1) is 9.98. The summed E-state index contributed by atoms with van der Waals surface area (Å²) in [5.74, 6) is 1.06. The predicted molar refractivity (Wildman–Crippen MR) is 83.8 cm³/mol. The Morgan fingerprint density at radius 2 is 2.19 bits per heavy atom. The van der Waals surface area contributed by atoms with Crippen molar-refractivity contribution in [1.82, 2.24) is 9.62 Å². The molecule has 0 atom stereocenters. The van der Waals surface area contributed by atoms with Crippen LogP contribution in [-0.4, -0.2) is 26.3 Å². The number of hydrogen-bond acceptors (Lipinski definition) is 5. The van der Waals surface area contributed by atoms with E-state index in [1.165, 1.54) is 4.31 Å². The summed E-state index contributed by atoms with van der Waals surface area (Å²) in [4.78, 5) is 1.28. The summed E-state index contributed by atoms with van der Waals surface area (Å²) in [6.07, 6.45) is 0. The van der Waals surface area contributed by atoms with Gasteiger partial charge in [-0.1, -0.05) is 13.0 Å². The molecule has 1 N–H and O–H groups in total. The fourth-order valence-electron chi connectivity index (χ4n) is 2.12. The van der Waals surface area contributed by atoms with Crippen LogP contribution in [0.1, 0.15) is 23.3 Å². The minimum Gasteiger partial charge on any atom is -0.464 e. The van der Waals surface area contributed by atoms with Crippen molar-refractivity contribution in [3.8, 4) is 0 Å². The molecule has 2 heterocycles. The van der Waals surface area contributed by atoms with Crippen molar-refractivity contribution in [2.45, 2.75) is 31.8 Å². The smallest absolute Gasteiger partial charge is 0.246 e. The van der Waals surface area contributed by atoms with Gasteiger partial charge in [0.1, 0.15) is 16.4 Å². The van der Waals surface area contributed by atoms with Crippen molar-refractivity contribution in [1.29, 1.82) is 0 Å². The summed E-state index contributed by atoms with van der Waals surface area (Å²) in [5, 5.41) is 4.90. The molecular weight excluding hydrogens is 308 g/mol. The highest BCUT2D eigenvalue weighted by Gasteiger charge is 2.28. The van der Waals surface area contributed by atoms with E-state index in [0.29, 0.717) is 31.2 Å². The number of rotatable bonds is 7. The topological polar surface area (TPSA) is 62.6 Å². The van der Waals surface area contributed by atoms with Gasteiger partial charge in [-0.15, -0.1) is 11.3 Å². The predicted octanol–water partition coefficient (Wildman–Crippen LogP) is 2.58. The number of aryl methyl sites for hydroxylation is 1. The van der Waals surface area contributed by atoms with Gasteiger partial charge < -0.3 is 9.73 Å². The fraction of sp³-hybridized carbons (Fsp3) is 0.429. The standard InChI is InChI=1S/C14H20N2O3S2/c1-4-16(10-13-6-5-7-20-13)21(17,18)14-8-12(9-15-3)19-11(14)2/h5-8,15H,4,9-10H2,1-3H3. The van der Waals surface area contributed by atoms with Gasteiger partial charge in [0.25, 0.3) is 0 Å². The van der Waals surface area contributed by atoms with E-state index < -0.39 is 10.0 Å². The molecule has 2 aromatic heterocycles. The minimum absolute atomic E-state index is 0.256. The van der Waals surface area contributed by atoms with E-state index in [0.717, 1.165) is 4.88 Å². The average molecular weight is 328 g/mol. The van der Waals surface area contributed by atoms with E-state index in [2.05, 4.69) is 5.32 Å². The lowest BCUT2D eigenvalue weighted by Gasteiger charge is -2.19. The van der Waals surface area contributed by atoms with Gasteiger partial charge in [-0.2, -0.15) is 4.31 Å². The van der Waals surface area contributed by atoms with Gasteiger partial charge >= 0.3 is 0 Å². The Labute approximate surface area is 129 Å². The molecule has 0 saturated carbocycles. The van der Waals surface area contributed by atoms with Gasteiger partial charge in [0.15, 0.2) is 0 Å². The zero-order chi connectivity index (χ0) is 15.5. The SMILES string of the molecule is CCN(Cc1cccs1)S(=O)(=O)c1cc(CNC)oc1C. The molecule has 0 aliphatic heterocycles. The second-order valence-corrected chi connectivity index (χ2v) is 7.61. The van der Waals surface area contributed by atoms with Gasteiger partial charge in [-0.25, -0.2) is 8.42 Å². The molecule has 116 valence electrons. The maximum Gasteiger partial charge on any atom is 0.246 e. The molecule has 2 aromatic rings. The second kappa shape index (κ2) is 6.74. The molecule has 0 saturated heterocycles. The molecule has 0 radical (unpaired) electrons. The van der Waals surface area contributed by atoms with Crippen LogP contribution in [0.4, 0.5) is 0 Å². The van der Waals surface area contributed by atoms with Gasteiger partial charge in [-0.05, 0) is 25.4 Å². The lowest BCUT2D eigenvalue weighted by Crippen LogP contribution is -2.30. The van der Waals surface area contributed by atoms with Crippen LogP contribution >= 0.6 is 11.3 Å². The monoisotopic (exact) mass is 328 g/mol. The molecule has 0 unspecified atom stereocenters. The summed E-state index contributed by atoms with van der Waals surface area (Å²) >= 11 is 1.56. The Kier molecular flexibility index (Phi) is 5.21. The second-order valence-electron chi connectivity index (χ2n) is 4.67. The Hall–Kier alpha value is -1.15. The third kappa shape index (κ3) is 3.55. The van der Waals surface area contributed by atoms with Crippen molar-refractivity contribution in [2.24, 2.45) is 0 Å². The average Bonchev–Trinajstić information content (AvgIpc) is 3.06. The largest absolute Gasteiger partial charge is 0.464 e. The summed E-state index contributed by atoms with van der Waals surface area (Å²) < 4.78 is 32.5. The van der Waals surface area contributed by atoms with Crippen molar-refractivity contribution in [3.05, 3.63) is 40.0 Å². The molecule has 21 heavy (non-hydrogen) atoms. The first-order valence-corrected chi connectivity index (χ1v) is 9.07. The van der Waals surface area contributed by atoms with Crippen LogP contribution in [0.15, 0.2) is 32.9 Å². The van der Waals surface area contributed by atoms with Crippen molar-refractivity contribution in [2.75, 3.05) is 13.6 Å². The van der Waals surface area contributed by atoms with Crippen LogP contribution in [0.25, 0.3) is 0 Å². The fourth-order valence-corrected chi connectivity index (χ4v) is 4.54. The molecule has 2 rings (SSSR count). The highest BCUT2D eigenvalue weighted by molar-refractivity contribution is 7.89. The van der Waals surface area contributed by atoms with Crippen molar-refractivity contribution >= 4 is 21.4 Å². The zero-order valence-electron chi connectivity index (χ0n) is 12.4. The maximum absolute atomic E-state index is 12.8. The summed E-state index contributed by atoms with van der Waals surface area (Å²) in [7, 11) is -1.74. The Morgan fingerprint density at radius 3 is 2.76 bits per heavy atom. The first-order valence-electron chi connectivity index (χ1n) is 6.75. The van der Waals surface area contributed by atoms with Crippen molar-refractivity contribution < 1.29 is 12.8 Å². The van der Waals surface area contributed by atoms with Crippen LogP contribution in [0, 0.1) is 6.92 Å². The zero-order valence-corrected chi connectivity index (χ0v) is 14.1.